The van der Waals surface area contributed by atoms with Gasteiger partial charge in [-0.15, -0.1) is 0 Å². The fourth-order valence-corrected chi connectivity index (χ4v) is 3.34. The monoisotopic (exact) mass is 363 g/mol. The van der Waals surface area contributed by atoms with Crippen LogP contribution in [0.5, 0.6) is 5.75 Å². The van der Waals surface area contributed by atoms with Gasteiger partial charge in [-0.3, -0.25) is 9.69 Å². The summed E-state index contributed by atoms with van der Waals surface area (Å²) in [5, 5.41) is 0. The van der Waals surface area contributed by atoms with Crippen molar-refractivity contribution < 1.29 is 22.7 Å². The van der Waals surface area contributed by atoms with E-state index in [2.05, 4.69) is 0 Å². The molecule has 0 aromatic heterocycles. The summed E-state index contributed by atoms with van der Waals surface area (Å²) in [5.74, 6) is -2.10. The van der Waals surface area contributed by atoms with E-state index in [1.807, 2.05) is 4.90 Å². The van der Waals surface area contributed by atoms with E-state index in [1.54, 1.807) is 12.1 Å². The summed E-state index contributed by atoms with van der Waals surface area (Å²) in [6.45, 7) is 1.46. The fraction of sp³-hybridized carbons (Fsp3) is 0.350. The van der Waals surface area contributed by atoms with Crippen molar-refractivity contribution in [1.82, 2.24) is 4.90 Å². The summed E-state index contributed by atoms with van der Waals surface area (Å²) in [7, 11) is 1.47. The van der Waals surface area contributed by atoms with Crippen LogP contribution in [0.3, 0.4) is 0 Å². The van der Waals surface area contributed by atoms with E-state index in [0.29, 0.717) is 30.8 Å². The predicted molar refractivity (Wildman–Crippen MR) is 91.6 cm³/mol. The van der Waals surface area contributed by atoms with E-state index in [-0.39, 0.29) is 11.4 Å². The van der Waals surface area contributed by atoms with Crippen LogP contribution in [0.2, 0.25) is 0 Å². The number of likely N-dealkylation sites (tertiary alicyclic amines) is 1. The molecule has 1 atom stereocenters. The fourth-order valence-electron chi connectivity index (χ4n) is 3.34. The Bertz CT molecular complexity index is 810. The topological polar surface area (TPSA) is 29.5 Å². The number of benzene rings is 2. The quantitative estimate of drug-likeness (QED) is 0.746. The zero-order valence-corrected chi connectivity index (χ0v) is 14.5. The van der Waals surface area contributed by atoms with Gasteiger partial charge >= 0.3 is 0 Å². The maximum absolute atomic E-state index is 14.1. The molecule has 0 N–H and O–H groups in total. The van der Waals surface area contributed by atoms with Gasteiger partial charge < -0.3 is 4.74 Å². The number of methoxy groups -OCH3 is 1. The lowest BCUT2D eigenvalue weighted by molar-refractivity contribution is 0.0806. The van der Waals surface area contributed by atoms with Crippen molar-refractivity contribution in [2.75, 3.05) is 20.2 Å². The molecule has 1 heterocycles. The summed E-state index contributed by atoms with van der Waals surface area (Å²) in [6, 6.07) is 7.57. The lowest BCUT2D eigenvalue weighted by Crippen LogP contribution is -2.38. The molecule has 0 bridgehead atoms. The second-order valence-electron chi connectivity index (χ2n) is 6.52. The second kappa shape index (κ2) is 7.91. The Morgan fingerprint density at radius 3 is 2.69 bits per heavy atom. The number of ether oxygens (including phenoxy) is 1. The van der Waals surface area contributed by atoms with Crippen molar-refractivity contribution in [2.24, 2.45) is 5.92 Å². The summed E-state index contributed by atoms with van der Waals surface area (Å²) >= 11 is 0. The van der Waals surface area contributed by atoms with Gasteiger partial charge in [0.05, 0.1) is 12.7 Å². The molecule has 2 aromatic carbocycles. The van der Waals surface area contributed by atoms with E-state index in [0.717, 1.165) is 31.2 Å². The van der Waals surface area contributed by atoms with Gasteiger partial charge in [0.2, 0.25) is 0 Å². The first-order valence-corrected chi connectivity index (χ1v) is 8.52. The number of halogens is 3. The van der Waals surface area contributed by atoms with Crippen molar-refractivity contribution in [3.05, 3.63) is 65.0 Å². The highest BCUT2D eigenvalue weighted by molar-refractivity contribution is 5.98. The third kappa shape index (κ3) is 4.07. The van der Waals surface area contributed by atoms with E-state index < -0.39 is 23.3 Å². The molecule has 3 rings (SSSR count). The molecule has 1 saturated heterocycles. The van der Waals surface area contributed by atoms with Gasteiger partial charge in [-0.2, -0.15) is 0 Å². The van der Waals surface area contributed by atoms with Crippen molar-refractivity contribution in [3.63, 3.8) is 0 Å². The Kier molecular flexibility index (Phi) is 5.61. The first-order valence-electron chi connectivity index (χ1n) is 8.52. The molecule has 1 aliphatic rings. The highest BCUT2D eigenvalue weighted by Crippen LogP contribution is 2.25. The largest absolute Gasteiger partial charge is 0.497 e. The van der Waals surface area contributed by atoms with Crippen LogP contribution in [0.15, 0.2) is 36.4 Å². The normalized spacial score (nSPS) is 17.9. The molecule has 26 heavy (non-hydrogen) atoms. The number of hydrogen-bond acceptors (Lipinski definition) is 3. The highest BCUT2D eigenvalue weighted by atomic mass is 19.1. The van der Waals surface area contributed by atoms with Gasteiger partial charge in [-0.25, -0.2) is 13.2 Å². The van der Waals surface area contributed by atoms with E-state index in [4.69, 9.17) is 4.74 Å². The van der Waals surface area contributed by atoms with Gasteiger partial charge in [-0.1, -0.05) is 6.07 Å². The van der Waals surface area contributed by atoms with Gasteiger partial charge in [0.1, 0.15) is 23.2 Å². The number of carbonyl (C=O) groups is 1. The third-order valence-corrected chi connectivity index (χ3v) is 4.72. The van der Waals surface area contributed by atoms with Gasteiger partial charge in [0.25, 0.3) is 0 Å². The molecule has 3 nitrogen and oxygen atoms in total. The number of Topliss-reactive ketones (excluding diaryl/α,β-unsaturated/α-hetero) is 1. The van der Waals surface area contributed by atoms with Crippen molar-refractivity contribution in [2.45, 2.75) is 19.4 Å². The number of hydrogen-bond donors (Lipinski definition) is 0. The molecule has 138 valence electrons. The minimum Gasteiger partial charge on any atom is -0.497 e. The third-order valence-electron chi connectivity index (χ3n) is 4.72. The minimum atomic E-state index is -0.713. The molecule has 0 aliphatic carbocycles. The molecule has 0 saturated carbocycles. The molecular weight excluding hydrogens is 343 g/mol. The van der Waals surface area contributed by atoms with Gasteiger partial charge in [0, 0.05) is 30.6 Å². The number of ketones is 1. The summed E-state index contributed by atoms with van der Waals surface area (Å²) in [6.07, 6.45) is 1.35. The number of piperidine rings is 1. The van der Waals surface area contributed by atoms with Crippen molar-refractivity contribution in [1.29, 1.82) is 0 Å². The van der Waals surface area contributed by atoms with Gasteiger partial charge in [0.15, 0.2) is 5.78 Å². The molecule has 1 fully saturated rings. The Morgan fingerprint density at radius 1 is 1.15 bits per heavy atom. The van der Waals surface area contributed by atoms with Crippen LogP contribution >= 0.6 is 0 Å². The molecular formula is C20H20F3NO2. The second-order valence-corrected chi connectivity index (χ2v) is 6.52. The van der Waals surface area contributed by atoms with Crippen LogP contribution in [0.1, 0.15) is 28.8 Å². The van der Waals surface area contributed by atoms with E-state index in [9.17, 15) is 18.0 Å². The number of rotatable bonds is 5. The van der Waals surface area contributed by atoms with Crippen molar-refractivity contribution in [3.8, 4) is 5.75 Å². The lowest BCUT2D eigenvalue weighted by Gasteiger charge is -2.32. The van der Waals surface area contributed by atoms with Crippen LogP contribution in [-0.2, 0) is 6.54 Å². The Morgan fingerprint density at radius 2 is 1.96 bits per heavy atom. The highest BCUT2D eigenvalue weighted by Gasteiger charge is 2.28. The van der Waals surface area contributed by atoms with Gasteiger partial charge in [-0.05, 0) is 43.7 Å². The molecule has 0 radical (unpaired) electrons. The Balaban J connectivity index is 1.71. The van der Waals surface area contributed by atoms with Crippen LogP contribution < -0.4 is 4.74 Å². The maximum Gasteiger partial charge on any atom is 0.170 e. The first-order chi connectivity index (χ1) is 12.5. The van der Waals surface area contributed by atoms with Crippen LogP contribution in [-0.4, -0.2) is 30.9 Å². The molecule has 2 aromatic rings. The lowest BCUT2D eigenvalue weighted by atomic mass is 9.89. The first kappa shape index (κ1) is 18.5. The molecule has 6 heteroatoms. The zero-order valence-electron chi connectivity index (χ0n) is 14.5. The minimum absolute atomic E-state index is 0.215. The van der Waals surface area contributed by atoms with E-state index >= 15 is 0 Å². The Labute approximate surface area is 150 Å². The smallest absolute Gasteiger partial charge is 0.170 e. The predicted octanol–water partition coefficient (Wildman–Crippen LogP) is 4.21. The summed E-state index contributed by atoms with van der Waals surface area (Å²) in [5.41, 5.74) is 0.295. The number of nitrogens with zero attached hydrogens (tertiary/aromatic N) is 1. The van der Waals surface area contributed by atoms with E-state index in [1.165, 1.54) is 13.2 Å². The van der Waals surface area contributed by atoms with Crippen molar-refractivity contribution >= 4 is 5.78 Å². The molecule has 0 amide bonds. The number of carbonyl (C=O) groups excluding carboxylic acids is 1. The average Bonchev–Trinajstić information content (AvgIpc) is 2.65. The average molecular weight is 363 g/mol. The molecule has 0 unspecified atom stereocenters. The van der Waals surface area contributed by atoms with Crippen LogP contribution in [0.25, 0.3) is 0 Å². The summed E-state index contributed by atoms with van der Waals surface area (Å²) < 4.78 is 46.4. The van der Waals surface area contributed by atoms with Crippen LogP contribution in [0.4, 0.5) is 13.2 Å². The SMILES string of the molecule is COc1ccc(CN2CCC[C@H](C(=O)c3cc(F)ccc3F)C2)c(F)c1. The van der Waals surface area contributed by atoms with Crippen LogP contribution in [0, 0.1) is 23.4 Å². The standard InChI is InChI=1S/C20H20F3NO2/c1-26-16-6-4-13(19(23)10-16)11-24-8-2-3-14(12-24)20(25)17-9-15(21)5-7-18(17)22/h4-7,9-10,14H,2-3,8,11-12H2,1H3/t14-/m0/s1. The molecule has 1 aliphatic heterocycles. The molecule has 0 spiro atoms. The Hall–Kier alpha value is -2.34. The maximum atomic E-state index is 14.1. The zero-order chi connectivity index (χ0) is 18.7. The summed E-state index contributed by atoms with van der Waals surface area (Å²) in [4.78, 5) is 14.6.